The third kappa shape index (κ3) is 4.71. The van der Waals surface area contributed by atoms with E-state index >= 15 is 0 Å². The second-order valence-electron chi connectivity index (χ2n) is 6.91. The Morgan fingerprint density at radius 2 is 1.78 bits per heavy atom. The molecule has 1 fully saturated rings. The number of ether oxygens (including phenoxy) is 2. The zero-order chi connectivity index (χ0) is 19.3. The number of methoxy groups -OCH3 is 1. The molecule has 0 bridgehead atoms. The molecular weight excluding hydrogens is 406 g/mol. The van der Waals surface area contributed by atoms with Crippen molar-refractivity contribution in [3.8, 4) is 0 Å². The van der Waals surface area contributed by atoms with E-state index in [4.69, 9.17) is 9.47 Å². The summed E-state index contributed by atoms with van der Waals surface area (Å²) in [5.74, 6) is -0.269. The first-order valence-electron chi connectivity index (χ1n) is 9.37. The molecule has 27 heavy (non-hydrogen) atoms. The molecular formula is C22H26BrNO3. The first-order valence-corrected chi connectivity index (χ1v) is 10.2. The third-order valence-electron chi connectivity index (χ3n) is 5.32. The summed E-state index contributed by atoms with van der Waals surface area (Å²) in [6.45, 7) is 4.06. The van der Waals surface area contributed by atoms with E-state index in [2.05, 4.69) is 39.0 Å². The number of piperidine rings is 1. The smallest absolute Gasteiger partial charge is 0.338 e. The van der Waals surface area contributed by atoms with E-state index in [-0.39, 0.29) is 11.6 Å². The van der Waals surface area contributed by atoms with E-state index in [0.29, 0.717) is 12.2 Å². The summed E-state index contributed by atoms with van der Waals surface area (Å²) in [7, 11) is 1.82. The molecule has 0 atom stereocenters. The first-order chi connectivity index (χ1) is 13.1. The van der Waals surface area contributed by atoms with Crippen LogP contribution in [-0.4, -0.2) is 38.4 Å². The molecule has 3 rings (SSSR count). The quantitative estimate of drug-likeness (QED) is 0.612. The lowest BCUT2D eigenvalue weighted by Gasteiger charge is -2.42. The van der Waals surface area contributed by atoms with Crippen molar-refractivity contribution in [3.05, 3.63) is 64.1 Å². The van der Waals surface area contributed by atoms with Crippen molar-refractivity contribution in [3.63, 3.8) is 0 Å². The molecule has 0 amide bonds. The molecule has 1 heterocycles. The molecule has 0 radical (unpaired) electrons. The van der Waals surface area contributed by atoms with Gasteiger partial charge in [-0.05, 0) is 55.7 Å². The highest BCUT2D eigenvalue weighted by Crippen LogP contribution is 2.33. The van der Waals surface area contributed by atoms with Crippen LogP contribution in [0.25, 0.3) is 0 Å². The summed E-state index contributed by atoms with van der Waals surface area (Å²) >= 11 is 3.65. The van der Waals surface area contributed by atoms with Gasteiger partial charge in [0.1, 0.15) is 0 Å². The van der Waals surface area contributed by atoms with Gasteiger partial charge in [-0.3, -0.25) is 0 Å². The SMILES string of the molecule is CCOC(=O)c1ccc(N2CCC(Cc3ccccc3Br)(OC)CC2)cc1. The molecule has 1 aliphatic heterocycles. The van der Waals surface area contributed by atoms with Crippen LogP contribution in [0.3, 0.4) is 0 Å². The van der Waals surface area contributed by atoms with Crippen molar-refractivity contribution in [1.82, 2.24) is 0 Å². The molecule has 1 saturated heterocycles. The monoisotopic (exact) mass is 431 g/mol. The number of benzene rings is 2. The Bertz CT molecular complexity index is 767. The molecule has 1 aliphatic rings. The lowest BCUT2D eigenvalue weighted by atomic mass is 9.85. The van der Waals surface area contributed by atoms with Gasteiger partial charge in [-0.15, -0.1) is 0 Å². The molecule has 0 saturated carbocycles. The molecule has 0 unspecified atom stereocenters. The maximum Gasteiger partial charge on any atom is 0.338 e. The van der Waals surface area contributed by atoms with Crippen LogP contribution in [0.2, 0.25) is 0 Å². The van der Waals surface area contributed by atoms with Crippen LogP contribution in [0.4, 0.5) is 5.69 Å². The van der Waals surface area contributed by atoms with Gasteiger partial charge in [-0.1, -0.05) is 34.1 Å². The van der Waals surface area contributed by atoms with Gasteiger partial charge in [0.15, 0.2) is 0 Å². The highest BCUT2D eigenvalue weighted by atomic mass is 79.9. The van der Waals surface area contributed by atoms with E-state index in [1.54, 1.807) is 0 Å². The third-order valence-corrected chi connectivity index (χ3v) is 6.10. The number of nitrogens with zero attached hydrogens (tertiary/aromatic N) is 1. The Morgan fingerprint density at radius 1 is 1.11 bits per heavy atom. The van der Waals surface area contributed by atoms with Gasteiger partial charge < -0.3 is 14.4 Å². The summed E-state index contributed by atoms with van der Waals surface area (Å²) in [5, 5.41) is 0. The molecule has 4 nitrogen and oxygen atoms in total. The molecule has 2 aromatic carbocycles. The summed E-state index contributed by atoms with van der Waals surface area (Å²) in [4.78, 5) is 14.2. The average Bonchev–Trinajstić information content (AvgIpc) is 2.71. The highest BCUT2D eigenvalue weighted by Gasteiger charge is 2.35. The van der Waals surface area contributed by atoms with Crippen LogP contribution in [0, 0.1) is 0 Å². The molecule has 0 spiro atoms. The Balaban J connectivity index is 1.65. The summed E-state index contributed by atoms with van der Waals surface area (Å²) in [6, 6.07) is 16.0. The first kappa shape index (κ1) is 19.9. The van der Waals surface area contributed by atoms with Gasteiger partial charge in [0, 0.05) is 36.8 Å². The van der Waals surface area contributed by atoms with Crippen molar-refractivity contribution in [2.75, 3.05) is 31.7 Å². The van der Waals surface area contributed by atoms with Gasteiger partial charge >= 0.3 is 5.97 Å². The summed E-state index contributed by atoms with van der Waals surface area (Å²) in [6.07, 6.45) is 2.83. The predicted molar refractivity (Wildman–Crippen MR) is 111 cm³/mol. The summed E-state index contributed by atoms with van der Waals surface area (Å²) in [5.41, 5.74) is 2.88. The number of hydrogen-bond acceptors (Lipinski definition) is 4. The zero-order valence-electron chi connectivity index (χ0n) is 15.9. The number of carbonyl (C=O) groups excluding carboxylic acids is 1. The largest absolute Gasteiger partial charge is 0.462 e. The van der Waals surface area contributed by atoms with Crippen LogP contribution < -0.4 is 4.90 Å². The van der Waals surface area contributed by atoms with Crippen LogP contribution in [0.5, 0.6) is 0 Å². The maximum absolute atomic E-state index is 11.8. The van der Waals surface area contributed by atoms with E-state index in [1.165, 1.54) is 5.56 Å². The topological polar surface area (TPSA) is 38.8 Å². The number of anilines is 1. The van der Waals surface area contributed by atoms with E-state index < -0.39 is 0 Å². The fourth-order valence-corrected chi connectivity index (χ4v) is 4.06. The Kier molecular flexibility index (Phi) is 6.55. The Morgan fingerprint density at radius 3 is 2.37 bits per heavy atom. The molecule has 5 heteroatoms. The molecule has 0 aromatic heterocycles. The minimum atomic E-state index is -0.269. The second kappa shape index (κ2) is 8.89. The van der Waals surface area contributed by atoms with Crippen LogP contribution >= 0.6 is 15.9 Å². The second-order valence-corrected chi connectivity index (χ2v) is 7.76. The van der Waals surface area contributed by atoms with Crippen molar-refractivity contribution in [1.29, 1.82) is 0 Å². The standard InChI is InChI=1S/C22H26BrNO3/c1-3-27-21(25)17-8-10-19(11-9-17)24-14-12-22(26-2,13-15-24)16-18-6-4-5-7-20(18)23/h4-11H,3,12-16H2,1-2H3. The van der Waals surface area contributed by atoms with E-state index in [1.807, 2.05) is 44.4 Å². The van der Waals surface area contributed by atoms with Gasteiger partial charge in [0.05, 0.1) is 17.8 Å². The van der Waals surface area contributed by atoms with Crippen molar-refractivity contribution in [2.24, 2.45) is 0 Å². The minimum Gasteiger partial charge on any atom is -0.462 e. The van der Waals surface area contributed by atoms with Crippen molar-refractivity contribution in [2.45, 2.75) is 31.8 Å². The minimum absolute atomic E-state index is 0.134. The molecule has 2 aromatic rings. The van der Waals surface area contributed by atoms with E-state index in [9.17, 15) is 4.79 Å². The molecule has 144 valence electrons. The molecule has 0 N–H and O–H groups in total. The predicted octanol–water partition coefficient (Wildman–Crippen LogP) is 4.85. The summed E-state index contributed by atoms with van der Waals surface area (Å²) < 4.78 is 12.2. The van der Waals surface area contributed by atoms with Gasteiger partial charge in [0.25, 0.3) is 0 Å². The number of carbonyl (C=O) groups is 1. The average molecular weight is 432 g/mol. The fraction of sp³-hybridized carbons (Fsp3) is 0.409. The van der Waals surface area contributed by atoms with Gasteiger partial charge in [-0.25, -0.2) is 4.79 Å². The Hall–Kier alpha value is -1.85. The Labute approximate surface area is 169 Å². The number of hydrogen-bond donors (Lipinski definition) is 0. The van der Waals surface area contributed by atoms with Crippen LogP contribution in [0.1, 0.15) is 35.7 Å². The van der Waals surface area contributed by atoms with Crippen molar-refractivity contribution >= 4 is 27.6 Å². The normalized spacial score (nSPS) is 16.2. The lowest BCUT2D eigenvalue weighted by Crippen LogP contribution is -2.47. The van der Waals surface area contributed by atoms with Gasteiger partial charge in [0.2, 0.25) is 0 Å². The lowest BCUT2D eigenvalue weighted by molar-refractivity contribution is -0.0290. The number of halogens is 1. The zero-order valence-corrected chi connectivity index (χ0v) is 17.5. The molecule has 0 aliphatic carbocycles. The highest BCUT2D eigenvalue weighted by molar-refractivity contribution is 9.10. The number of rotatable bonds is 6. The fourth-order valence-electron chi connectivity index (χ4n) is 3.64. The van der Waals surface area contributed by atoms with Crippen LogP contribution in [-0.2, 0) is 15.9 Å². The van der Waals surface area contributed by atoms with Crippen LogP contribution in [0.15, 0.2) is 53.0 Å². The van der Waals surface area contributed by atoms with E-state index in [0.717, 1.165) is 42.5 Å². The van der Waals surface area contributed by atoms with Crippen molar-refractivity contribution < 1.29 is 14.3 Å². The van der Waals surface area contributed by atoms with Gasteiger partial charge in [-0.2, -0.15) is 0 Å². The maximum atomic E-state index is 11.8. The number of esters is 1.